The van der Waals surface area contributed by atoms with Gasteiger partial charge in [-0.3, -0.25) is 14.5 Å². The number of hydrogen-bond acceptors (Lipinski definition) is 6. The van der Waals surface area contributed by atoms with E-state index in [2.05, 4.69) is 16.8 Å². The first-order chi connectivity index (χ1) is 23.0. The second kappa shape index (κ2) is 12.4. The molecule has 246 valence electrons. The summed E-state index contributed by atoms with van der Waals surface area (Å²) in [7, 11) is 1.61. The van der Waals surface area contributed by atoms with E-state index in [9.17, 15) is 22.8 Å². The summed E-state index contributed by atoms with van der Waals surface area (Å²) in [4.78, 5) is 33.8. The summed E-state index contributed by atoms with van der Waals surface area (Å²) < 4.78 is 46.6. The van der Waals surface area contributed by atoms with E-state index in [0.717, 1.165) is 65.8 Å². The Hall–Kier alpha value is -4.76. The van der Waals surface area contributed by atoms with Gasteiger partial charge < -0.3 is 10.1 Å². The van der Waals surface area contributed by atoms with Gasteiger partial charge in [-0.2, -0.15) is 13.2 Å². The number of rotatable bonds is 9. The summed E-state index contributed by atoms with van der Waals surface area (Å²) in [5.41, 5.74) is 2.36. The summed E-state index contributed by atoms with van der Waals surface area (Å²) >= 11 is 0. The summed E-state index contributed by atoms with van der Waals surface area (Å²) in [6, 6.07) is 20.9. The van der Waals surface area contributed by atoms with Gasteiger partial charge in [-0.15, -0.1) is 6.58 Å². The Bertz CT molecular complexity index is 2080. The van der Waals surface area contributed by atoms with Crippen LogP contribution in [0.5, 0.6) is 5.75 Å². The van der Waals surface area contributed by atoms with E-state index in [4.69, 9.17) is 9.72 Å². The summed E-state index contributed by atoms with van der Waals surface area (Å²) in [6.07, 6.45) is -0.693. The van der Waals surface area contributed by atoms with Crippen molar-refractivity contribution >= 4 is 16.6 Å². The van der Waals surface area contributed by atoms with Gasteiger partial charge in [0, 0.05) is 35.5 Å². The Kier molecular flexibility index (Phi) is 8.19. The third kappa shape index (κ3) is 5.81. The molecule has 0 radical (unpaired) electrons. The van der Waals surface area contributed by atoms with Crippen LogP contribution >= 0.6 is 0 Å². The van der Waals surface area contributed by atoms with Gasteiger partial charge in [-0.25, -0.2) is 4.98 Å². The normalized spacial score (nSPS) is 21.4. The lowest BCUT2D eigenvalue weighted by atomic mass is 9.72. The number of anilines is 1. The molecule has 0 aliphatic carbocycles. The number of ether oxygens (including phenoxy) is 1. The number of pyridine rings is 1. The molecule has 8 rings (SSSR count). The summed E-state index contributed by atoms with van der Waals surface area (Å²) in [6.45, 7) is 7.39. The average molecular weight is 652 g/mol. The molecule has 5 atom stereocenters. The standard InChI is InChI=1S/C39H36F3N3O3/c1-4-24-21-45-13-12-26(24)18-34(45)35(30-20-33(25-8-6-5-7-9-25)43-32-11-10-28(48-3)19-29(30)32)44-36-31(37(46)38(36)47)17-23-14-22(2)15-27(16-23)39(40,41)42/h4-11,14-16,19-20,24,26,34-35,44H,1,12-13,17-18,21H2,2-3H3/t24?,26?,34-,35-/m0/s1. The maximum Gasteiger partial charge on any atom is 0.416 e. The number of nitrogens with zero attached hydrogens (tertiary/aromatic N) is 2. The molecular formula is C39H36F3N3O3. The zero-order chi connectivity index (χ0) is 33.7. The van der Waals surface area contributed by atoms with E-state index in [1.54, 1.807) is 20.1 Å². The number of piperidine rings is 3. The number of alkyl halides is 3. The van der Waals surface area contributed by atoms with Crippen molar-refractivity contribution < 1.29 is 17.9 Å². The number of nitrogens with one attached hydrogen (secondary N) is 1. The molecule has 4 aromatic carbocycles. The predicted molar refractivity (Wildman–Crippen MR) is 182 cm³/mol. The number of aryl methyl sites for hydroxylation is 1. The molecule has 1 N–H and O–H groups in total. The lowest BCUT2D eigenvalue weighted by molar-refractivity contribution is -0.137. The van der Waals surface area contributed by atoms with E-state index in [0.29, 0.717) is 28.7 Å². The molecule has 0 spiro atoms. The lowest BCUT2D eigenvalue weighted by Crippen LogP contribution is -2.56. The first-order valence-corrected chi connectivity index (χ1v) is 16.2. The zero-order valence-electron chi connectivity index (χ0n) is 26.8. The van der Waals surface area contributed by atoms with Crippen LogP contribution in [-0.4, -0.2) is 36.1 Å². The number of hydrogen-bond donors (Lipinski definition) is 1. The molecule has 3 fully saturated rings. The van der Waals surface area contributed by atoms with Gasteiger partial charge in [0.15, 0.2) is 0 Å². The zero-order valence-corrected chi connectivity index (χ0v) is 26.8. The number of aromatic nitrogens is 1. The minimum Gasteiger partial charge on any atom is -0.497 e. The van der Waals surface area contributed by atoms with Crippen LogP contribution in [0.1, 0.15) is 46.7 Å². The fraction of sp³-hybridized carbons (Fsp3) is 0.308. The van der Waals surface area contributed by atoms with Gasteiger partial charge in [-0.05, 0) is 85.7 Å². The van der Waals surface area contributed by atoms with E-state index in [1.165, 1.54) is 0 Å². The lowest BCUT2D eigenvalue weighted by Gasteiger charge is -2.52. The van der Waals surface area contributed by atoms with Crippen LogP contribution in [0.25, 0.3) is 22.2 Å². The Balaban J connectivity index is 1.37. The minimum absolute atomic E-state index is 0.0339. The van der Waals surface area contributed by atoms with Crippen molar-refractivity contribution in [3.63, 3.8) is 0 Å². The van der Waals surface area contributed by atoms with E-state index in [1.807, 2.05) is 60.7 Å². The van der Waals surface area contributed by atoms with Crippen molar-refractivity contribution in [3.05, 3.63) is 134 Å². The van der Waals surface area contributed by atoms with Crippen molar-refractivity contribution in [1.29, 1.82) is 0 Å². The second-order valence-corrected chi connectivity index (χ2v) is 13.1. The smallest absolute Gasteiger partial charge is 0.416 e. The molecule has 9 heteroatoms. The van der Waals surface area contributed by atoms with Gasteiger partial charge in [0.25, 0.3) is 0 Å². The Morgan fingerprint density at radius 2 is 1.85 bits per heavy atom. The van der Waals surface area contributed by atoms with Crippen molar-refractivity contribution in [1.82, 2.24) is 9.88 Å². The molecule has 3 aliphatic rings. The molecule has 3 unspecified atom stereocenters. The molecule has 3 aliphatic heterocycles. The Labute approximate surface area is 276 Å². The van der Waals surface area contributed by atoms with Crippen LogP contribution in [0, 0.1) is 18.8 Å². The fourth-order valence-electron chi connectivity index (χ4n) is 7.72. The molecular weight excluding hydrogens is 615 g/mol. The van der Waals surface area contributed by atoms with Crippen LogP contribution in [0.4, 0.5) is 18.9 Å². The molecule has 0 amide bonds. The highest BCUT2D eigenvalue weighted by Crippen LogP contribution is 2.44. The number of fused-ring (bicyclic) bond motifs is 4. The third-order valence-corrected chi connectivity index (χ3v) is 10.1. The number of halogens is 3. The second-order valence-electron chi connectivity index (χ2n) is 13.1. The third-order valence-electron chi connectivity index (χ3n) is 10.1. The average Bonchev–Trinajstić information content (AvgIpc) is 3.10. The largest absolute Gasteiger partial charge is 0.497 e. The van der Waals surface area contributed by atoms with E-state index < -0.39 is 28.6 Å². The van der Waals surface area contributed by atoms with Gasteiger partial charge >= 0.3 is 6.18 Å². The van der Waals surface area contributed by atoms with Crippen LogP contribution in [0.2, 0.25) is 0 Å². The monoisotopic (exact) mass is 651 g/mol. The molecule has 5 aromatic rings. The van der Waals surface area contributed by atoms with Crippen molar-refractivity contribution in [2.75, 3.05) is 25.5 Å². The van der Waals surface area contributed by atoms with Gasteiger partial charge in [0.05, 0.1) is 35.6 Å². The molecule has 0 saturated carbocycles. The van der Waals surface area contributed by atoms with Crippen molar-refractivity contribution in [3.8, 4) is 17.0 Å². The highest BCUT2D eigenvalue weighted by Gasteiger charge is 2.44. The number of benzene rings is 3. The quantitative estimate of drug-likeness (QED) is 0.132. The maximum absolute atomic E-state index is 13.7. The van der Waals surface area contributed by atoms with Crippen LogP contribution < -0.4 is 20.9 Å². The molecule has 48 heavy (non-hydrogen) atoms. The summed E-state index contributed by atoms with van der Waals surface area (Å²) in [5, 5.41) is 4.38. The van der Waals surface area contributed by atoms with E-state index >= 15 is 0 Å². The first kappa shape index (κ1) is 31.8. The molecule has 3 saturated heterocycles. The molecule has 1 aromatic heterocycles. The maximum atomic E-state index is 13.7. The molecule has 6 nitrogen and oxygen atoms in total. The Morgan fingerprint density at radius 1 is 1.06 bits per heavy atom. The SMILES string of the molecule is C=CC1CN2CCC1C[C@H]2[C@@H](Nc1c(Cc2cc(C)cc(C(F)(F)F)c2)c(=O)c1=O)c1cc(-c2ccccc2)nc2ccc(OC)cc12. The van der Waals surface area contributed by atoms with Gasteiger partial charge in [0.2, 0.25) is 10.9 Å². The highest BCUT2D eigenvalue weighted by molar-refractivity contribution is 5.87. The van der Waals surface area contributed by atoms with Crippen molar-refractivity contribution in [2.45, 2.75) is 44.4 Å². The topological polar surface area (TPSA) is 71.5 Å². The van der Waals surface area contributed by atoms with E-state index in [-0.39, 0.29) is 23.7 Å². The van der Waals surface area contributed by atoms with Crippen LogP contribution in [0.15, 0.2) is 95.0 Å². The Morgan fingerprint density at radius 3 is 2.54 bits per heavy atom. The van der Waals surface area contributed by atoms with Gasteiger partial charge in [-0.1, -0.05) is 48.0 Å². The number of methoxy groups -OCH3 is 1. The van der Waals surface area contributed by atoms with Gasteiger partial charge in [0.1, 0.15) is 5.75 Å². The van der Waals surface area contributed by atoms with Crippen molar-refractivity contribution in [2.24, 2.45) is 11.8 Å². The molecule has 4 heterocycles. The van der Waals surface area contributed by atoms with Crippen LogP contribution in [-0.2, 0) is 12.6 Å². The highest BCUT2D eigenvalue weighted by atomic mass is 19.4. The predicted octanol–water partition coefficient (Wildman–Crippen LogP) is 7.47. The first-order valence-electron chi connectivity index (χ1n) is 16.2. The minimum atomic E-state index is -4.53. The molecule has 2 bridgehead atoms. The fourth-order valence-corrected chi connectivity index (χ4v) is 7.72. The van der Waals surface area contributed by atoms with Crippen LogP contribution in [0.3, 0.4) is 0 Å². The summed E-state index contributed by atoms with van der Waals surface area (Å²) in [5.74, 6) is 1.43.